The minimum absolute atomic E-state index is 0.0248. The molecule has 11 heteroatoms. The van der Waals surface area contributed by atoms with Gasteiger partial charge in [-0.05, 0) is 18.2 Å². The fraction of sp³-hybridized carbons (Fsp3) is 0.0667. The summed E-state index contributed by atoms with van der Waals surface area (Å²) < 4.78 is 14.7. The molecule has 0 atom stereocenters. The van der Waals surface area contributed by atoms with E-state index < -0.39 is 23.1 Å². The second-order valence-electron chi connectivity index (χ2n) is 5.16. The fourth-order valence-electron chi connectivity index (χ4n) is 2.23. The van der Waals surface area contributed by atoms with E-state index in [4.69, 9.17) is 5.11 Å². The zero-order chi connectivity index (χ0) is 18.8. The predicted octanol–water partition coefficient (Wildman–Crippen LogP) is 3.13. The van der Waals surface area contributed by atoms with Gasteiger partial charge in [0, 0.05) is 18.3 Å². The standard InChI is InChI=1S/C15H10FN5O5/c16-8-1-4-13-17-11(6-14(23)24)15(20(13)7-8)19-18-10-5-9(21(25)26)2-3-12(10)22/h1-5,7,22H,6H2,(H,23,24). The van der Waals surface area contributed by atoms with Crippen LogP contribution in [0.2, 0.25) is 0 Å². The third-order valence-corrected chi connectivity index (χ3v) is 3.37. The lowest BCUT2D eigenvalue weighted by atomic mass is 10.2. The quantitative estimate of drug-likeness (QED) is 0.407. The highest BCUT2D eigenvalue weighted by molar-refractivity contribution is 5.72. The molecule has 2 aromatic heterocycles. The van der Waals surface area contributed by atoms with E-state index in [-0.39, 0.29) is 34.3 Å². The van der Waals surface area contributed by atoms with Crippen LogP contribution in [-0.2, 0) is 11.2 Å². The number of pyridine rings is 1. The highest BCUT2D eigenvalue weighted by atomic mass is 19.1. The molecular formula is C15H10FN5O5. The normalized spacial score (nSPS) is 11.3. The van der Waals surface area contributed by atoms with Crippen LogP contribution in [0.25, 0.3) is 5.65 Å². The Morgan fingerprint density at radius 1 is 1.31 bits per heavy atom. The molecule has 0 radical (unpaired) electrons. The van der Waals surface area contributed by atoms with Gasteiger partial charge in [0.15, 0.2) is 5.82 Å². The molecule has 0 saturated heterocycles. The monoisotopic (exact) mass is 359 g/mol. The topological polar surface area (TPSA) is 143 Å². The van der Waals surface area contributed by atoms with Gasteiger partial charge in [-0.1, -0.05) is 0 Å². The Hall–Kier alpha value is -3.89. The third kappa shape index (κ3) is 3.31. The maximum Gasteiger partial charge on any atom is 0.309 e. The van der Waals surface area contributed by atoms with Crippen LogP contribution in [0, 0.1) is 15.9 Å². The first-order chi connectivity index (χ1) is 12.3. The molecule has 132 valence electrons. The van der Waals surface area contributed by atoms with Gasteiger partial charge in [-0.15, -0.1) is 10.2 Å². The number of rotatable bonds is 5. The molecule has 10 nitrogen and oxygen atoms in total. The number of halogens is 1. The number of aromatic nitrogens is 2. The minimum atomic E-state index is -1.18. The Kier molecular flexibility index (Phi) is 4.27. The first-order valence-corrected chi connectivity index (χ1v) is 7.12. The molecule has 3 rings (SSSR count). The van der Waals surface area contributed by atoms with Crippen molar-refractivity contribution < 1.29 is 24.3 Å². The molecule has 2 heterocycles. The number of phenols is 1. The predicted molar refractivity (Wildman–Crippen MR) is 85.4 cm³/mol. The number of nitro benzene ring substituents is 1. The SMILES string of the molecule is O=C(O)Cc1nc2ccc(F)cn2c1N=Nc1cc([N+](=O)[O-])ccc1O. The second kappa shape index (κ2) is 6.55. The van der Waals surface area contributed by atoms with E-state index >= 15 is 0 Å². The van der Waals surface area contributed by atoms with Crippen LogP contribution in [0.3, 0.4) is 0 Å². The summed E-state index contributed by atoms with van der Waals surface area (Å²) in [5.41, 5.74) is -0.241. The van der Waals surface area contributed by atoms with Crippen molar-refractivity contribution in [1.82, 2.24) is 9.38 Å². The molecule has 0 aliphatic carbocycles. The Balaban J connectivity index is 2.11. The van der Waals surface area contributed by atoms with E-state index in [0.29, 0.717) is 0 Å². The summed E-state index contributed by atoms with van der Waals surface area (Å²) in [6, 6.07) is 5.66. The molecule has 26 heavy (non-hydrogen) atoms. The van der Waals surface area contributed by atoms with Crippen LogP contribution in [0.4, 0.5) is 21.6 Å². The number of nitrogens with zero attached hydrogens (tertiary/aromatic N) is 5. The lowest BCUT2D eigenvalue weighted by Crippen LogP contribution is -2.00. The number of hydrogen-bond donors (Lipinski definition) is 2. The molecule has 0 amide bonds. The summed E-state index contributed by atoms with van der Waals surface area (Å²) in [5, 5.41) is 37.1. The van der Waals surface area contributed by atoms with Crippen LogP contribution in [0.15, 0.2) is 46.8 Å². The van der Waals surface area contributed by atoms with Crippen LogP contribution in [0.1, 0.15) is 5.69 Å². The van der Waals surface area contributed by atoms with E-state index in [1.165, 1.54) is 10.5 Å². The number of fused-ring (bicyclic) bond motifs is 1. The number of aliphatic carboxylic acids is 1. The van der Waals surface area contributed by atoms with Gasteiger partial charge in [0.1, 0.15) is 22.9 Å². The zero-order valence-electron chi connectivity index (χ0n) is 12.9. The van der Waals surface area contributed by atoms with Crippen molar-refractivity contribution in [2.24, 2.45) is 10.2 Å². The number of aromatic hydroxyl groups is 1. The van der Waals surface area contributed by atoms with Crippen molar-refractivity contribution in [3.63, 3.8) is 0 Å². The van der Waals surface area contributed by atoms with Crippen molar-refractivity contribution in [2.75, 3.05) is 0 Å². The summed E-state index contributed by atoms with van der Waals surface area (Å²) >= 11 is 0. The summed E-state index contributed by atoms with van der Waals surface area (Å²) in [7, 11) is 0. The Morgan fingerprint density at radius 3 is 2.77 bits per heavy atom. The molecule has 0 aliphatic rings. The van der Waals surface area contributed by atoms with Gasteiger partial charge < -0.3 is 10.2 Å². The van der Waals surface area contributed by atoms with Gasteiger partial charge in [-0.3, -0.25) is 19.3 Å². The molecule has 0 saturated carbocycles. The number of non-ortho nitro benzene ring substituents is 1. The highest BCUT2D eigenvalue weighted by Crippen LogP contribution is 2.32. The first kappa shape index (κ1) is 17.0. The average Bonchev–Trinajstić information content (AvgIpc) is 2.89. The molecule has 0 unspecified atom stereocenters. The number of carbonyl (C=O) groups is 1. The lowest BCUT2D eigenvalue weighted by Gasteiger charge is -2.00. The van der Waals surface area contributed by atoms with Crippen LogP contribution in [-0.4, -0.2) is 30.5 Å². The summed E-state index contributed by atoms with van der Waals surface area (Å²) in [6.45, 7) is 0. The summed E-state index contributed by atoms with van der Waals surface area (Å²) in [6.07, 6.45) is 0.563. The number of carboxylic acids is 1. The lowest BCUT2D eigenvalue weighted by molar-refractivity contribution is -0.384. The van der Waals surface area contributed by atoms with Gasteiger partial charge in [-0.25, -0.2) is 9.37 Å². The van der Waals surface area contributed by atoms with Crippen molar-refractivity contribution in [3.8, 4) is 5.75 Å². The van der Waals surface area contributed by atoms with Crippen molar-refractivity contribution in [1.29, 1.82) is 0 Å². The second-order valence-corrected chi connectivity index (χ2v) is 5.16. The zero-order valence-corrected chi connectivity index (χ0v) is 12.9. The first-order valence-electron chi connectivity index (χ1n) is 7.12. The third-order valence-electron chi connectivity index (χ3n) is 3.37. The van der Waals surface area contributed by atoms with Gasteiger partial charge in [0.05, 0.1) is 17.0 Å². The van der Waals surface area contributed by atoms with Crippen molar-refractivity contribution >= 4 is 28.8 Å². The maximum absolute atomic E-state index is 13.5. The average molecular weight is 359 g/mol. The largest absolute Gasteiger partial charge is 0.506 e. The summed E-state index contributed by atoms with van der Waals surface area (Å²) in [5.74, 6) is -2.21. The van der Waals surface area contributed by atoms with Crippen molar-refractivity contribution in [3.05, 3.63) is 58.2 Å². The number of hydrogen-bond acceptors (Lipinski definition) is 7. The van der Waals surface area contributed by atoms with Crippen LogP contribution >= 0.6 is 0 Å². The maximum atomic E-state index is 13.5. The smallest absolute Gasteiger partial charge is 0.309 e. The molecule has 1 aromatic carbocycles. The molecular weight excluding hydrogens is 349 g/mol. The number of carboxylic acid groups (broad SMARTS) is 1. The molecule has 0 aliphatic heterocycles. The highest BCUT2D eigenvalue weighted by Gasteiger charge is 2.16. The number of imidazole rings is 1. The van der Waals surface area contributed by atoms with E-state index in [1.54, 1.807) is 0 Å². The van der Waals surface area contributed by atoms with E-state index in [9.17, 15) is 24.4 Å². The van der Waals surface area contributed by atoms with Gasteiger partial charge in [-0.2, -0.15) is 0 Å². The molecule has 3 aromatic rings. The number of azo groups is 1. The van der Waals surface area contributed by atoms with Crippen molar-refractivity contribution in [2.45, 2.75) is 6.42 Å². The Bertz CT molecular complexity index is 1060. The van der Waals surface area contributed by atoms with Gasteiger partial charge in [0.2, 0.25) is 0 Å². The minimum Gasteiger partial charge on any atom is -0.506 e. The molecule has 2 N–H and O–H groups in total. The van der Waals surface area contributed by atoms with E-state index in [0.717, 1.165) is 30.5 Å². The van der Waals surface area contributed by atoms with E-state index in [2.05, 4.69) is 15.2 Å². The Morgan fingerprint density at radius 2 is 2.08 bits per heavy atom. The number of benzene rings is 1. The van der Waals surface area contributed by atoms with E-state index in [1.807, 2.05) is 0 Å². The van der Waals surface area contributed by atoms with Gasteiger partial charge in [0.25, 0.3) is 5.69 Å². The van der Waals surface area contributed by atoms with Gasteiger partial charge >= 0.3 is 5.97 Å². The fourth-order valence-corrected chi connectivity index (χ4v) is 2.23. The molecule has 0 spiro atoms. The molecule has 0 bridgehead atoms. The van der Waals surface area contributed by atoms with Crippen LogP contribution < -0.4 is 0 Å². The number of phenolic OH excluding ortho intramolecular Hbond substituents is 1. The Labute approximate surface area is 144 Å². The number of nitro groups is 1. The molecule has 0 fully saturated rings. The van der Waals surface area contributed by atoms with Crippen LogP contribution in [0.5, 0.6) is 5.75 Å². The summed E-state index contributed by atoms with van der Waals surface area (Å²) in [4.78, 5) is 25.2.